The molecule has 2 aromatic rings. The standard InChI is InChI=1S/C16H17FN2O/c1-20-16-7-2-11(10-19-16)9-18-15-6-3-12-8-13(17)4-5-14(12)15/h2,4-5,7-8,10,15,18H,3,6,9H2,1H3. The molecule has 1 N–H and O–H groups in total. The van der Waals surface area contributed by atoms with Gasteiger partial charge in [-0.3, -0.25) is 0 Å². The van der Waals surface area contributed by atoms with Gasteiger partial charge in [-0.1, -0.05) is 12.1 Å². The van der Waals surface area contributed by atoms with Crippen LogP contribution in [0, 0.1) is 5.82 Å². The quantitative estimate of drug-likeness (QED) is 0.929. The number of aryl methyl sites for hydroxylation is 1. The first-order valence-corrected chi connectivity index (χ1v) is 6.77. The average Bonchev–Trinajstić information content (AvgIpc) is 2.88. The summed E-state index contributed by atoms with van der Waals surface area (Å²) in [6.07, 6.45) is 3.76. The van der Waals surface area contributed by atoms with Crippen molar-refractivity contribution in [1.29, 1.82) is 0 Å². The van der Waals surface area contributed by atoms with Crippen molar-refractivity contribution in [3.8, 4) is 5.88 Å². The second-order valence-corrected chi connectivity index (χ2v) is 5.02. The van der Waals surface area contributed by atoms with E-state index in [0.29, 0.717) is 11.9 Å². The smallest absolute Gasteiger partial charge is 0.212 e. The minimum absolute atomic E-state index is 0.149. The number of hydrogen-bond donors (Lipinski definition) is 1. The van der Waals surface area contributed by atoms with Gasteiger partial charge in [0.2, 0.25) is 5.88 Å². The first kappa shape index (κ1) is 13.1. The molecule has 0 bridgehead atoms. The van der Waals surface area contributed by atoms with E-state index in [2.05, 4.69) is 10.3 Å². The number of methoxy groups -OCH3 is 1. The SMILES string of the molecule is COc1ccc(CNC2CCc3cc(F)ccc32)cn1. The lowest BCUT2D eigenvalue weighted by Gasteiger charge is -2.14. The second-order valence-electron chi connectivity index (χ2n) is 5.02. The van der Waals surface area contributed by atoms with Crippen molar-refractivity contribution in [2.75, 3.05) is 7.11 Å². The lowest BCUT2D eigenvalue weighted by atomic mass is 10.1. The summed E-state index contributed by atoms with van der Waals surface area (Å²) >= 11 is 0. The van der Waals surface area contributed by atoms with E-state index in [-0.39, 0.29) is 5.82 Å². The molecule has 104 valence electrons. The van der Waals surface area contributed by atoms with Crippen molar-refractivity contribution in [2.45, 2.75) is 25.4 Å². The number of benzene rings is 1. The maximum atomic E-state index is 13.2. The van der Waals surface area contributed by atoms with Gasteiger partial charge in [0.25, 0.3) is 0 Å². The molecule has 0 radical (unpaired) electrons. The number of ether oxygens (including phenoxy) is 1. The van der Waals surface area contributed by atoms with E-state index < -0.39 is 0 Å². The summed E-state index contributed by atoms with van der Waals surface area (Å²) in [5.41, 5.74) is 3.45. The minimum atomic E-state index is -0.149. The van der Waals surface area contributed by atoms with Crippen LogP contribution in [-0.4, -0.2) is 12.1 Å². The van der Waals surface area contributed by atoms with Crippen LogP contribution in [0.2, 0.25) is 0 Å². The Morgan fingerprint density at radius 3 is 3.00 bits per heavy atom. The van der Waals surface area contributed by atoms with Gasteiger partial charge >= 0.3 is 0 Å². The molecule has 3 rings (SSSR count). The average molecular weight is 272 g/mol. The zero-order valence-electron chi connectivity index (χ0n) is 11.4. The van der Waals surface area contributed by atoms with E-state index in [4.69, 9.17) is 4.74 Å². The molecule has 20 heavy (non-hydrogen) atoms. The molecule has 0 saturated carbocycles. The molecule has 0 saturated heterocycles. The largest absolute Gasteiger partial charge is 0.481 e. The Hall–Kier alpha value is -1.94. The Kier molecular flexibility index (Phi) is 3.65. The van der Waals surface area contributed by atoms with Crippen molar-refractivity contribution < 1.29 is 9.13 Å². The summed E-state index contributed by atoms with van der Waals surface area (Å²) in [6.45, 7) is 0.748. The first-order valence-electron chi connectivity index (χ1n) is 6.77. The van der Waals surface area contributed by atoms with Crippen molar-refractivity contribution in [3.05, 3.63) is 59.0 Å². The van der Waals surface area contributed by atoms with E-state index in [9.17, 15) is 4.39 Å². The van der Waals surface area contributed by atoms with Crippen LogP contribution < -0.4 is 10.1 Å². The Balaban J connectivity index is 1.65. The van der Waals surface area contributed by atoms with Gasteiger partial charge in [-0.2, -0.15) is 0 Å². The zero-order valence-corrected chi connectivity index (χ0v) is 11.4. The van der Waals surface area contributed by atoms with Crippen molar-refractivity contribution in [2.24, 2.45) is 0 Å². The predicted molar refractivity (Wildman–Crippen MR) is 75.1 cm³/mol. The lowest BCUT2D eigenvalue weighted by Crippen LogP contribution is -2.18. The molecule has 0 spiro atoms. The summed E-state index contributed by atoms with van der Waals surface area (Å²) in [5.74, 6) is 0.471. The highest BCUT2D eigenvalue weighted by atomic mass is 19.1. The Morgan fingerprint density at radius 1 is 1.35 bits per heavy atom. The maximum absolute atomic E-state index is 13.2. The van der Waals surface area contributed by atoms with E-state index in [1.165, 1.54) is 11.6 Å². The fourth-order valence-corrected chi connectivity index (χ4v) is 2.68. The highest BCUT2D eigenvalue weighted by Gasteiger charge is 2.22. The molecule has 1 aliphatic rings. The van der Waals surface area contributed by atoms with Crippen LogP contribution in [0.15, 0.2) is 36.5 Å². The summed E-state index contributed by atoms with van der Waals surface area (Å²) in [5, 5.41) is 3.51. The fraction of sp³-hybridized carbons (Fsp3) is 0.312. The van der Waals surface area contributed by atoms with Crippen LogP contribution in [-0.2, 0) is 13.0 Å². The summed E-state index contributed by atoms with van der Waals surface area (Å²) in [7, 11) is 1.61. The molecule has 1 aliphatic carbocycles. The van der Waals surface area contributed by atoms with E-state index in [1.807, 2.05) is 24.4 Å². The molecule has 1 aromatic heterocycles. The monoisotopic (exact) mass is 272 g/mol. The maximum Gasteiger partial charge on any atom is 0.212 e. The van der Waals surface area contributed by atoms with Gasteiger partial charge in [0.15, 0.2) is 0 Å². The number of hydrogen-bond acceptors (Lipinski definition) is 3. The molecular formula is C16H17FN2O. The van der Waals surface area contributed by atoms with Gasteiger partial charge in [0, 0.05) is 24.8 Å². The van der Waals surface area contributed by atoms with Crippen molar-refractivity contribution >= 4 is 0 Å². The number of nitrogens with zero attached hydrogens (tertiary/aromatic N) is 1. The third-order valence-corrected chi connectivity index (χ3v) is 3.74. The predicted octanol–water partition coefficient (Wildman–Crippen LogP) is 3.01. The van der Waals surface area contributed by atoms with Gasteiger partial charge in [-0.25, -0.2) is 9.37 Å². The van der Waals surface area contributed by atoms with Crippen LogP contribution in [0.25, 0.3) is 0 Å². The molecule has 1 unspecified atom stereocenters. The minimum Gasteiger partial charge on any atom is -0.481 e. The van der Waals surface area contributed by atoms with Gasteiger partial charge in [0.1, 0.15) is 5.82 Å². The highest BCUT2D eigenvalue weighted by Crippen LogP contribution is 2.31. The molecule has 1 heterocycles. The Morgan fingerprint density at radius 2 is 2.25 bits per heavy atom. The molecule has 0 amide bonds. The second kappa shape index (κ2) is 5.59. The van der Waals surface area contributed by atoms with Crippen LogP contribution in [0.4, 0.5) is 4.39 Å². The third kappa shape index (κ3) is 2.65. The fourth-order valence-electron chi connectivity index (χ4n) is 2.68. The number of fused-ring (bicyclic) bond motifs is 1. The van der Waals surface area contributed by atoms with Gasteiger partial charge in [-0.05, 0) is 41.7 Å². The van der Waals surface area contributed by atoms with E-state index in [0.717, 1.165) is 30.5 Å². The molecule has 0 fully saturated rings. The van der Waals surface area contributed by atoms with Crippen molar-refractivity contribution in [1.82, 2.24) is 10.3 Å². The Labute approximate surface area is 117 Å². The Bertz CT molecular complexity index is 598. The van der Waals surface area contributed by atoms with Crippen LogP contribution in [0.1, 0.15) is 29.2 Å². The highest BCUT2D eigenvalue weighted by molar-refractivity contribution is 5.35. The van der Waals surface area contributed by atoms with Gasteiger partial charge < -0.3 is 10.1 Å². The van der Waals surface area contributed by atoms with Gasteiger partial charge in [-0.15, -0.1) is 0 Å². The molecule has 0 aliphatic heterocycles. The molecule has 1 aromatic carbocycles. The number of aromatic nitrogens is 1. The molecular weight excluding hydrogens is 255 g/mol. The molecule has 4 heteroatoms. The number of pyridine rings is 1. The van der Waals surface area contributed by atoms with Crippen LogP contribution in [0.5, 0.6) is 5.88 Å². The molecule has 3 nitrogen and oxygen atoms in total. The number of nitrogens with one attached hydrogen (secondary N) is 1. The third-order valence-electron chi connectivity index (χ3n) is 3.74. The summed E-state index contributed by atoms with van der Waals surface area (Å²) in [6, 6.07) is 9.23. The van der Waals surface area contributed by atoms with Crippen LogP contribution >= 0.6 is 0 Å². The van der Waals surface area contributed by atoms with Crippen LogP contribution in [0.3, 0.4) is 0 Å². The zero-order chi connectivity index (χ0) is 13.9. The van der Waals surface area contributed by atoms with E-state index in [1.54, 1.807) is 13.2 Å². The number of halogens is 1. The lowest BCUT2D eigenvalue weighted by molar-refractivity contribution is 0.397. The summed E-state index contributed by atoms with van der Waals surface area (Å²) < 4.78 is 18.2. The first-order chi connectivity index (χ1) is 9.76. The normalized spacial score (nSPS) is 17.0. The topological polar surface area (TPSA) is 34.1 Å². The molecule has 1 atom stereocenters. The van der Waals surface area contributed by atoms with Crippen molar-refractivity contribution in [3.63, 3.8) is 0 Å². The van der Waals surface area contributed by atoms with Gasteiger partial charge in [0.05, 0.1) is 7.11 Å². The number of rotatable bonds is 4. The summed E-state index contributed by atoms with van der Waals surface area (Å²) in [4.78, 5) is 4.19. The van der Waals surface area contributed by atoms with E-state index >= 15 is 0 Å².